The van der Waals surface area contributed by atoms with Crippen molar-refractivity contribution >= 4 is 28.4 Å². The molecule has 0 atom stereocenters. The molecule has 0 aliphatic carbocycles. The van der Waals surface area contributed by atoms with E-state index in [4.69, 9.17) is 15.2 Å². The van der Waals surface area contributed by atoms with Crippen LogP contribution in [0.15, 0.2) is 18.4 Å². The lowest BCUT2D eigenvalue weighted by atomic mass is 9.95. The fourth-order valence-electron chi connectivity index (χ4n) is 2.55. The summed E-state index contributed by atoms with van der Waals surface area (Å²) < 4.78 is 10.0. The van der Waals surface area contributed by atoms with Crippen molar-refractivity contribution in [2.45, 2.75) is 32.6 Å². The molecule has 1 aliphatic heterocycles. The van der Waals surface area contributed by atoms with Gasteiger partial charge in [-0.15, -0.1) is 11.3 Å². The van der Waals surface area contributed by atoms with Crippen molar-refractivity contribution < 1.29 is 19.1 Å². The van der Waals surface area contributed by atoms with Crippen LogP contribution in [-0.4, -0.2) is 36.7 Å². The molecule has 6 nitrogen and oxygen atoms in total. The van der Waals surface area contributed by atoms with Crippen molar-refractivity contribution in [2.75, 3.05) is 25.4 Å². The summed E-state index contributed by atoms with van der Waals surface area (Å²) >= 11 is 1.42. The van der Waals surface area contributed by atoms with E-state index in [1.54, 1.807) is 18.7 Å². The van der Waals surface area contributed by atoms with Crippen LogP contribution in [0.1, 0.15) is 47.8 Å². The molecule has 126 valence electrons. The third-order valence-electron chi connectivity index (χ3n) is 3.69. The highest BCUT2D eigenvalue weighted by atomic mass is 32.1. The minimum absolute atomic E-state index is 0.291. The van der Waals surface area contributed by atoms with E-state index in [1.807, 2.05) is 6.07 Å². The van der Waals surface area contributed by atoms with Gasteiger partial charge in [0.05, 0.1) is 17.9 Å². The predicted molar refractivity (Wildman–Crippen MR) is 89.5 cm³/mol. The molecule has 0 unspecified atom stereocenters. The number of anilines is 1. The number of allylic oxidation sites excluding steroid dienone is 1. The van der Waals surface area contributed by atoms with Crippen LogP contribution in [0.4, 0.5) is 9.80 Å². The Labute approximate surface area is 139 Å². The number of amides is 1. The number of likely N-dealkylation sites (tertiary alicyclic amines) is 1. The standard InChI is InChI=1S/C16H22N2O4S/c1-4-21-15(19)12-9-13(23-14(12)17)11-5-7-18(8-6-11)16(20)22-10(2)3/h9,11H,2,4-8,17H2,1,3H3. The molecular weight excluding hydrogens is 316 g/mol. The summed E-state index contributed by atoms with van der Waals surface area (Å²) in [5, 5.41) is 0.488. The van der Waals surface area contributed by atoms with E-state index in [2.05, 4.69) is 6.58 Å². The summed E-state index contributed by atoms with van der Waals surface area (Å²) in [5.41, 5.74) is 6.37. The molecule has 7 heteroatoms. The maximum Gasteiger partial charge on any atom is 0.414 e. The van der Waals surface area contributed by atoms with Crippen LogP contribution in [0.3, 0.4) is 0 Å². The van der Waals surface area contributed by atoms with Gasteiger partial charge in [-0.3, -0.25) is 0 Å². The highest BCUT2D eigenvalue weighted by molar-refractivity contribution is 7.16. The van der Waals surface area contributed by atoms with Crippen LogP contribution in [-0.2, 0) is 9.47 Å². The topological polar surface area (TPSA) is 81.9 Å². The predicted octanol–water partition coefficient (Wildman–Crippen LogP) is 3.36. The number of thiophene rings is 1. The highest BCUT2D eigenvalue weighted by Gasteiger charge is 2.27. The van der Waals surface area contributed by atoms with E-state index >= 15 is 0 Å². The Morgan fingerprint density at radius 2 is 2.09 bits per heavy atom. The zero-order valence-electron chi connectivity index (χ0n) is 13.5. The third kappa shape index (κ3) is 4.25. The molecule has 1 amide bonds. The van der Waals surface area contributed by atoms with Gasteiger partial charge < -0.3 is 20.1 Å². The Morgan fingerprint density at radius 1 is 1.43 bits per heavy atom. The summed E-state index contributed by atoms with van der Waals surface area (Å²) in [4.78, 5) is 26.4. The van der Waals surface area contributed by atoms with Gasteiger partial charge in [-0.2, -0.15) is 0 Å². The number of piperidine rings is 1. The fourth-order valence-corrected chi connectivity index (χ4v) is 3.64. The maximum absolute atomic E-state index is 11.8. The summed E-state index contributed by atoms with van der Waals surface area (Å²) in [6, 6.07) is 1.82. The molecular formula is C16H22N2O4S. The van der Waals surface area contributed by atoms with Crippen LogP contribution in [0.25, 0.3) is 0 Å². The van der Waals surface area contributed by atoms with Crippen LogP contribution >= 0.6 is 11.3 Å². The van der Waals surface area contributed by atoms with E-state index < -0.39 is 0 Å². The van der Waals surface area contributed by atoms with Crippen molar-refractivity contribution in [3.8, 4) is 0 Å². The van der Waals surface area contributed by atoms with Crippen molar-refractivity contribution in [1.82, 2.24) is 4.90 Å². The van der Waals surface area contributed by atoms with Crippen LogP contribution in [0, 0.1) is 0 Å². The molecule has 1 fully saturated rings. The third-order valence-corrected chi connectivity index (χ3v) is 4.82. The molecule has 1 aliphatic rings. The normalized spacial score (nSPS) is 15.3. The van der Waals surface area contributed by atoms with Gasteiger partial charge in [0.2, 0.25) is 0 Å². The number of carbonyl (C=O) groups is 2. The Bertz CT molecular complexity index is 603. The fraction of sp³-hybridized carbons (Fsp3) is 0.500. The number of carbonyl (C=O) groups excluding carboxylic acids is 2. The van der Waals surface area contributed by atoms with E-state index in [1.165, 1.54) is 11.3 Å². The molecule has 0 aromatic carbocycles. The van der Waals surface area contributed by atoms with E-state index in [-0.39, 0.29) is 12.1 Å². The number of rotatable bonds is 4. The monoisotopic (exact) mass is 338 g/mol. The summed E-state index contributed by atoms with van der Waals surface area (Å²) in [5.74, 6) is 0.302. The number of ether oxygens (including phenoxy) is 2. The minimum atomic E-state index is -0.380. The molecule has 23 heavy (non-hydrogen) atoms. The highest BCUT2D eigenvalue weighted by Crippen LogP contribution is 2.36. The Hall–Kier alpha value is -2.02. The molecule has 0 radical (unpaired) electrons. The molecule has 0 saturated carbocycles. The smallest absolute Gasteiger partial charge is 0.414 e. The van der Waals surface area contributed by atoms with Gasteiger partial charge in [0, 0.05) is 18.0 Å². The lowest BCUT2D eigenvalue weighted by Crippen LogP contribution is -2.37. The zero-order valence-corrected chi connectivity index (χ0v) is 14.3. The summed E-state index contributed by atoms with van der Waals surface area (Å²) in [7, 11) is 0. The number of hydrogen-bond donors (Lipinski definition) is 1. The molecule has 1 aromatic rings. The second kappa shape index (κ2) is 7.50. The Morgan fingerprint density at radius 3 is 2.65 bits per heavy atom. The number of nitrogens with two attached hydrogens (primary N) is 1. The van der Waals surface area contributed by atoms with Crippen LogP contribution in [0.5, 0.6) is 0 Å². The van der Waals surface area contributed by atoms with Crippen LogP contribution in [0.2, 0.25) is 0 Å². The molecule has 1 saturated heterocycles. The SMILES string of the molecule is C=C(C)OC(=O)N1CCC(c2cc(C(=O)OCC)c(N)s2)CC1. The Balaban J connectivity index is 1.98. The number of nitrogens with zero attached hydrogens (tertiary/aromatic N) is 1. The first-order valence-corrected chi connectivity index (χ1v) is 8.42. The first-order chi connectivity index (χ1) is 10.9. The lowest BCUT2D eigenvalue weighted by Gasteiger charge is -2.30. The Kier molecular flexibility index (Phi) is 5.65. The molecule has 2 rings (SSSR count). The van der Waals surface area contributed by atoms with Gasteiger partial charge in [-0.05, 0) is 38.7 Å². The number of esters is 1. The molecule has 2 heterocycles. The average molecular weight is 338 g/mol. The van der Waals surface area contributed by atoms with Gasteiger partial charge in [0.1, 0.15) is 5.00 Å². The minimum Gasteiger partial charge on any atom is -0.462 e. The molecule has 0 spiro atoms. The lowest BCUT2D eigenvalue weighted by molar-refractivity contribution is 0.0528. The second-order valence-electron chi connectivity index (χ2n) is 5.48. The van der Waals surface area contributed by atoms with Gasteiger partial charge >= 0.3 is 12.1 Å². The van der Waals surface area contributed by atoms with Crippen LogP contribution < -0.4 is 5.73 Å². The van der Waals surface area contributed by atoms with Crippen molar-refractivity contribution in [2.24, 2.45) is 0 Å². The van der Waals surface area contributed by atoms with E-state index in [9.17, 15) is 9.59 Å². The molecule has 2 N–H and O–H groups in total. The van der Waals surface area contributed by atoms with Crippen molar-refractivity contribution in [1.29, 1.82) is 0 Å². The van der Waals surface area contributed by atoms with Gasteiger partial charge in [0.15, 0.2) is 0 Å². The number of hydrogen-bond acceptors (Lipinski definition) is 6. The molecule has 0 bridgehead atoms. The van der Waals surface area contributed by atoms with E-state index in [0.29, 0.717) is 41.9 Å². The van der Waals surface area contributed by atoms with Crippen molar-refractivity contribution in [3.05, 3.63) is 28.8 Å². The second-order valence-corrected chi connectivity index (χ2v) is 6.59. The van der Waals surface area contributed by atoms with Gasteiger partial charge in [-0.25, -0.2) is 9.59 Å². The molecule has 1 aromatic heterocycles. The summed E-state index contributed by atoms with van der Waals surface area (Å²) in [6.07, 6.45) is 1.27. The van der Waals surface area contributed by atoms with Gasteiger partial charge in [0.25, 0.3) is 0 Å². The first-order valence-electron chi connectivity index (χ1n) is 7.61. The van der Waals surface area contributed by atoms with Gasteiger partial charge in [-0.1, -0.05) is 6.58 Å². The number of nitrogen functional groups attached to an aromatic ring is 1. The quantitative estimate of drug-likeness (QED) is 0.672. The summed E-state index contributed by atoms with van der Waals surface area (Å²) in [6.45, 7) is 8.54. The first kappa shape index (κ1) is 17.3. The zero-order chi connectivity index (χ0) is 17.0. The maximum atomic E-state index is 11.8. The largest absolute Gasteiger partial charge is 0.462 e. The van der Waals surface area contributed by atoms with Crippen molar-refractivity contribution in [3.63, 3.8) is 0 Å². The van der Waals surface area contributed by atoms with E-state index in [0.717, 1.165) is 17.7 Å². The average Bonchev–Trinajstić information content (AvgIpc) is 2.89.